The quantitative estimate of drug-likeness (QED) is 0.483. The molecule has 0 aliphatic heterocycles. The second-order valence-electron chi connectivity index (χ2n) is 6.63. The summed E-state index contributed by atoms with van der Waals surface area (Å²) in [4.78, 5) is 17.8. The Morgan fingerprint density at radius 1 is 1.07 bits per heavy atom. The van der Waals surface area contributed by atoms with E-state index in [-0.39, 0.29) is 5.43 Å². The molecule has 0 amide bonds. The van der Waals surface area contributed by atoms with Crippen molar-refractivity contribution in [3.63, 3.8) is 0 Å². The lowest BCUT2D eigenvalue weighted by Crippen LogP contribution is -2.13. The Labute approximate surface area is 173 Å². The van der Waals surface area contributed by atoms with E-state index in [1.54, 1.807) is 18.3 Å². The minimum absolute atomic E-state index is 0.0770. The molecule has 0 unspecified atom stereocenters. The summed E-state index contributed by atoms with van der Waals surface area (Å²) in [5.41, 5.74) is 2.97. The van der Waals surface area contributed by atoms with Crippen LogP contribution in [-0.2, 0) is 7.05 Å². The molecule has 0 atom stereocenters. The van der Waals surface area contributed by atoms with E-state index >= 15 is 0 Å². The van der Waals surface area contributed by atoms with Crippen LogP contribution in [0.25, 0.3) is 22.0 Å². The van der Waals surface area contributed by atoms with E-state index in [9.17, 15) is 4.79 Å². The summed E-state index contributed by atoms with van der Waals surface area (Å²) in [5.74, 6) is 1.29. The van der Waals surface area contributed by atoms with Gasteiger partial charge in [0.15, 0.2) is 0 Å². The van der Waals surface area contributed by atoms with Gasteiger partial charge in [-0.05, 0) is 55.0 Å². The van der Waals surface area contributed by atoms with Gasteiger partial charge in [-0.1, -0.05) is 23.7 Å². The molecule has 0 fully saturated rings. The summed E-state index contributed by atoms with van der Waals surface area (Å²) in [6.45, 7) is 2.54. The van der Waals surface area contributed by atoms with Crippen LogP contribution in [0.15, 0.2) is 71.8 Å². The summed E-state index contributed by atoms with van der Waals surface area (Å²) in [7, 11) is 1.92. The number of hydrogen-bond acceptors (Lipinski definition) is 4. The van der Waals surface area contributed by atoms with Crippen LogP contribution in [0.5, 0.6) is 5.75 Å². The molecule has 4 aromatic rings. The van der Waals surface area contributed by atoms with Crippen LogP contribution in [0.4, 0.5) is 11.5 Å². The van der Waals surface area contributed by atoms with Crippen LogP contribution in [0.3, 0.4) is 0 Å². The normalized spacial score (nSPS) is 10.9. The maximum atomic E-state index is 13.4. The number of hydrogen-bond donors (Lipinski definition) is 1. The molecule has 1 N–H and O–H groups in total. The highest BCUT2D eigenvalue weighted by molar-refractivity contribution is 6.30. The Morgan fingerprint density at radius 3 is 2.48 bits per heavy atom. The van der Waals surface area contributed by atoms with Gasteiger partial charge in [0.25, 0.3) is 0 Å². The van der Waals surface area contributed by atoms with Crippen molar-refractivity contribution < 1.29 is 4.74 Å². The third-order valence-electron chi connectivity index (χ3n) is 4.69. The van der Waals surface area contributed by atoms with Crippen LogP contribution in [0, 0.1) is 0 Å². The lowest BCUT2D eigenvalue weighted by atomic mass is 10.0. The molecule has 5 nitrogen and oxygen atoms in total. The Balaban J connectivity index is 1.84. The number of anilines is 2. The van der Waals surface area contributed by atoms with E-state index in [4.69, 9.17) is 16.3 Å². The number of halogens is 1. The maximum absolute atomic E-state index is 13.4. The first-order chi connectivity index (χ1) is 14.1. The van der Waals surface area contributed by atoms with Crippen molar-refractivity contribution in [3.8, 4) is 16.9 Å². The predicted octanol–water partition coefficient (Wildman–Crippen LogP) is 5.40. The second kappa shape index (κ2) is 7.97. The second-order valence-corrected chi connectivity index (χ2v) is 7.06. The van der Waals surface area contributed by atoms with Gasteiger partial charge in [0, 0.05) is 35.7 Å². The molecule has 2 aromatic heterocycles. The minimum atomic E-state index is -0.0770. The third-order valence-corrected chi connectivity index (χ3v) is 4.94. The average molecular weight is 406 g/mol. The number of aryl methyl sites for hydroxylation is 1. The molecule has 0 aliphatic rings. The van der Waals surface area contributed by atoms with Gasteiger partial charge in [-0.2, -0.15) is 0 Å². The highest BCUT2D eigenvalue weighted by Crippen LogP contribution is 2.26. The monoisotopic (exact) mass is 405 g/mol. The van der Waals surface area contributed by atoms with E-state index < -0.39 is 0 Å². The molecule has 4 rings (SSSR count). The fourth-order valence-corrected chi connectivity index (χ4v) is 3.42. The molecule has 0 saturated heterocycles. The molecule has 6 heteroatoms. The maximum Gasteiger partial charge on any atom is 0.200 e. The molecule has 2 heterocycles. The van der Waals surface area contributed by atoms with E-state index in [1.807, 2.05) is 67.2 Å². The fourth-order valence-electron chi connectivity index (χ4n) is 3.29. The third kappa shape index (κ3) is 3.82. The van der Waals surface area contributed by atoms with Gasteiger partial charge in [0.1, 0.15) is 11.6 Å². The van der Waals surface area contributed by atoms with Crippen molar-refractivity contribution in [2.75, 3.05) is 11.9 Å². The fraction of sp³-hybridized carbons (Fsp3) is 0.130. The van der Waals surface area contributed by atoms with Gasteiger partial charge in [0.2, 0.25) is 5.43 Å². The molecule has 0 bridgehead atoms. The largest absolute Gasteiger partial charge is 0.494 e. The smallest absolute Gasteiger partial charge is 0.200 e. The van der Waals surface area contributed by atoms with Crippen molar-refractivity contribution in [1.29, 1.82) is 0 Å². The average Bonchev–Trinajstić information content (AvgIpc) is 2.73. The minimum Gasteiger partial charge on any atom is -0.494 e. The topological polar surface area (TPSA) is 56.1 Å². The molecular formula is C23H20ClN3O2. The standard InChI is InChI=1S/C23H20ClN3O2/c1-3-29-18-10-4-15(5-11-18)19-14-27(2)20-12-13-25-23(21(20)22(19)28)26-17-8-6-16(24)7-9-17/h4-14H,3H2,1-2H3,(H,25,26). The van der Waals surface area contributed by atoms with Gasteiger partial charge in [0.05, 0.1) is 17.5 Å². The number of aromatic nitrogens is 2. The Bertz CT molecular complexity index is 1220. The van der Waals surface area contributed by atoms with Crippen LogP contribution in [0.2, 0.25) is 5.02 Å². The first-order valence-corrected chi connectivity index (χ1v) is 9.69. The molecule has 29 heavy (non-hydrogen) atoms. The van der Waals surface area contributed by atoms with Crippen LogP contribution in [-0.4, -0.2) is 16.2 Å². The molecule has 0 aliphatic carbocycles. The van der Waals surface area contributed by atoms with Crippen molar-refractivity contribution in [3.05, 3.63) is 82.2 Å². The number of fused-ring (bicyclic) bond motifs is 1. The summed E-state index contributed by atoms with van der Waals surface area (Å²) >= 11 is 5.97. The number of rotatable bonds is 5. The number of nitrogens with zero attached hydrogens (tertiary/aromatic N) is 2. The molecule has 0 saturated carbocycles. The number of pyridine rings is 2. The molecule has 0 radical (unpaired) electrons. The highest BCUT2D eigenvalue weighted by Gasteiger charge is 2.14. The van der Waals surface area contributed by atoms with Crippen LogP contribution in [0.1, 0.15) is 6.92 Å². The SMILES string of the molecule is CCOc1ccc(-c2cn(C)c3ccnc(Nc4ccc(Cl)cc4)c3c2=O)cc1. The van der Waals surface area contributed by atoms with E-state index in [1.165, 1.54) is 0 Å². The summed E-state index contributed by atoms with van der Waals surface area (Å²) < 4.78 is 7.44. The number of ether oxygens (including phenoxy) is 1. The Kier molecular flexibility index (Phi) is 5.23. The highest BCUT2D eigenvalue weighted by atomic mass is 35.5. The molecule has 146 valence electrons. The van der Waals surface area contributed by atoms with Crippen LogP contribution >= 0.6 is 11.6 Å². The summed E-state index contributed by atoms with van der Waals surface area (Å²) in [6.07, 6.45) is 3.54. The van der Waals surface area contributed by atoms with Gasteiger partial charge < -0.3 is 14.6 Å². The summed E-state index contributed by atoms with van der Waals surface area (Å²) in [5, 5.41) is 4.43. The van der Waals surface area contributed by atoms with Crippen molar-refractivity contribution in [1.82, 2.24) is 9.55 Å². The predicted molar refractivity (Wildman–Crippen MR) is 118 cm³/mol. The van der Waals surface area contributed by atoms with E-state index in [0.29, 0.717) is 28.4 Å². The van der Waals surface area contributed by atoms with Crippen molar-refractivity contribution >= 4 is 34.0 Å². The summed E-state index contributed by atoms with van der Waals surface area (Å²) in [6, 6.07) is 16.7. The van der Waals surface area contributed by atoms with Crippen molar-refractivity contribution in [2.24, 2.45) is 7.05 Å². The Hall–Kier alpha value is -3.31. The first kappa shape index (κ1) is 19.0. The van der Waals surface area contributed by atoms with Crippen LogP contribution < -0.4 is 15.5 Å². The zero-order chi connectivity index (χ0) is 20.4. The lowest BCUT2D eigenvalue weighted by molar-refractivity contribution is 0.340. The Morgan fingerprint density at radius 2 is 1.79 bits per heavy atom. The van der Waals surface area contributed by atoms with Gasteiger partial charge in [-0.15, -0.1) is 0 Å². The molecule has 2 aromatic carbocycles. The number of benzene rings is 2. The van der Waals surface area contributed by atoms with Crippen molar-refractivity contribution in [2.45, 2.75) is 6.92 Å². The lowest BCUT2D eigenvalue weighted by Gasteiger charge is -2.13. The molecular weight excluding hydrogens is 386 g/mol. The zero-order valence-corrected chi connectivity index (χ0v) is 16.9. The number of nitrogens with one attached hydrogen (secondary N) is 1. The first-order valence-electron chi connectivity index (χ1n) is 9.31. The zero-order valence-electron chi connectivity index (χ0n) is 16.1. The molecule has 0 spiro atoms. The van der Waals surface area contributed by atoms with E-state index in [2.05, 4.69) is 10.3 Å². The van der Waals surface area contributed by atoms with Gasteiger partial charge in [-0.25, -0.2) is 4.98 Å². The van der Waals surface area contributed by atoms with Gasteiger partial charge >= 0.3 is 0 Å². The van der Waals surface area contributed by atoms with Gasteiger partial charge in [-0.3, -0.25) is 4.79 Å². The van der Waals surface area contributed by atoms with E-state index in [0.717, 1.165) is 22.5 Å².